The number of thiophene rings is 1. The van der Waals surface area contributed by atoms with Crippen LogP contribution in [0.25, 0.3) is 0 Å². The number of aliphatic hydroxyl groups excluding tert-OH is 1. The molecule has 1 rings (SSSR count). The van der Waals surface area contributed by atoms with Crippen LogP contribution in [-0.4, -0.2) is 35.1 Å². The van der Waals surface area contributed by atoms with Gasteiger partial charge in [-0.05, 0) is 38.1 Å². The van der Waals surface area contributed by atoms with Crippen LogP contribution in [-0.2, 0) is 11.2 Å². The Labute approximate surface area is 107 Å². The minimum absolute atomic E-state index is 0.0366. The molecule has 1 heterocycles. The molecule has 0 aliphatic heterocycles. The molecule has 0 bridgehead atoms. The first-order valence-corrected chi connectivity index (χ1v) is 6.96. The predicted octanol–water partition coefficient (Wildman–Crippen LogP) is 2.30. The summed E-state index contributed by atoms with van der Waals surface area (Å²) in [6.45, 7) is 4.43. The average Bonchev–Trinajstić information content (AvgIpc) is 2.78. The van der Waals surface area contributed by atoms with Crippen molar-refractivity contribution in [2.75, 3.05) is 13.2 Å². The standard InChI is InChI=1S/C13H21NO2S/c1-11(2)14(8-9-15)13(16)7-3-5-12-6-4-10-17-12/h4,6,10-11,15H,3,5,7-9H2,1-2H3. The van der Waals surface area contributed by atoms with Crippen molar-refractivity contribution in [3.8, 4) is 0 Å². The van der Waals surface area contributed by atoms with Crippen LogP contribution in [0.15, 0.2) is 17.5 Å². The molecule has 0 atom stereocenters. The molecule has 1 amide bonds. The number of aryl methyl sites for hydroxylation is 1. The van der Waals surface area contributed by atoms with E-state index in [4.69, 9.17) is 5.11 Å². The number of rotatable bonds is 7. The van der Waals surface area contributed by atoms with Crippen molar-refractivity contribution in [3.63, 3.8) is 0 Å². The molecule has 1 N–H and O–H groups in total. The summed E-state index contributed by atoms with van der Waals surface area (Å²) in [4.78, 5) is 15.0. The minimum Gasteiger partial charge on any atom is -0.395 e. The van der Waals surface area contributed by atoms with Gasteiger partial charge in [0.2, 0.25) is 5.91 Å². The number of carbonyl (C=O) groups excluding carboxylic acids is 1. The van der Waals surface area contributed by atoms with Crippen LogP contribution in [0.2, 0.25) is 0 Å². The fraction of sp³-hybridized carbons (Fsp3) is 0.615. The van der Waals surface area contributed by atoms with E-state index in [9.17, 15) is 4.79 Å². The smallest absolute Gasteiger partial charge is 0.222 e. The van der Waals surface area contributed by atoms with Crippen molar-refractivity contribution in [2.24, 2.45) is 0 Å². The van der Waals surface area contributed by atoms with Crippen molar-refractivity contribution in [1.82, 2.24) is 4.90 Å². The Balaban J connectivity index is 2.31. The largest absolute Gasteiger partial charge is 0.395 e. The summed E-state index contributed by atoms with van der Waals surface area (Å²) < 4.78 is 0. The fourth-order valence-electron chi connectivity index (χ4n) is 1.79. The highest BCUT2D eigenvalue weighted by Crippen LogP contribution is 2.13. The molecule has 0 radical (unpaired) electrons. The van der Waals surface area contributed by atoms with Gasteiger partial charge < -0.3 is 10.0 Å². The normalized spacial score (nSPS) is 10.8. The lowest BCUT2D eigenvalue weighted by Crippen LogP contribution is -2.38. The van der Waals surface area contributed by atoms with Crippen molar-refractivity contribution in [3.05, 3.63) is 22.4 Å². The molecule has 0 aliphatic rings. The van der Waals surface area contributed by atoms with Gasteiger partial charge in [0.15, 0.2) is 0 Å². The highest BCUT2D eigenvalue weighted by atomic mass is 32.1. The van der Waals surface area contributed by atoms with Gasteiger partial charge in [0, 0.05) is 23.9 Å². The first-order valence-electron chi connectivity index (χ1n) is 6.08. The van der Waals surface area contributed by atoms with Crippen LogP contribution in [0.1, 0.15) is 31.6 Å². The first kappa shape index (κ1) is 14.2. The summed E-state index contributed by atoms with van der Waals surface area (Å²) >= 11 is 1.73. The predicted molar refractivity (Wildman–Crippen MR) is 71.2 cm³/mol. The van der Waals surface area contributed by atoms with Crippen LogP contribution in [0.5, 0.6) is 0 Å². The third kappa shape index (κ3) is 4.88. The average molecular weight is 255 g/mol. The maximum absolute atomic E-state index is 11.9. The lowest BCUT2D eigenvalue weighted by atomic mass is 10.2. The summed E-state index contributed by atoms with van der Waals surface area (Å²) in [6.07, 6.45) is 2.42. The van der Waals surface area contributed by atoms with Crippen LogP contribution < -0.4 is 0 Å². The molecule has 0 aromatic carbocycles. The topological polar surface area (TPSA) is 40.5 Å². The van der Waals surface area contributed by atoms with Gasteiger partial charge in [-0.25, -0.2) is 0 Å². The molecule has 0 fully saturated rings. The van der Waals surface area contributed by atoms with Crippen LogP contribution in [0.4, 0.5) is 0 Å². The van der Waals surface area contributed by atoms with Gasteiger partial charge >= 0.3 is 0 Å². The first-order chi connectivity index (χ1) is 8.15. The Hall–Kier alpha value is -0.870. The van der Waals surface area contributed by atoms with Gasteiger partial charge in [-0.2, -0.15) is 0 Å². The maximum Gasteiger partial charge on any atom is 0.222 e. The summed E-state index contributed by atoms with van der Waals surface area (Å²) in [5.41, 5.74) is 0. The van der Waals surface area contributed by atoms with Gasteiger partial charge in [-0.15, -0.1) is 11.3 Å². The van der Waals surface area contributed by atoms with Gasteiger partial charge in [-0.3, -0.25) is 4.79 Å². The molecule has 0 saturated carbocycles. The van der Waals surface area contributed by atoms with Gasteiger partial charge in [0.25, 0.3) is 0 Å². The number of carbonyl (C=O) groups is 1. The summed E-state index contributed by atoms with van der Waals surface area (Å²) in [5.74, 6) is 0.144. The molecule has 0 aliphatic carbocycles. The van der Waals surface area contributed by atoms with E-state index in [1.807, 2.05) is 19.9 Å². The van der Waals surface area contributed by atoms with E-state index in [2.05, 4.69) is 11.4 Å². The van der Waals surface area contributed by atoms with E-state index in [0.29, 0.717) is 13.0 Å². The van der Waals surface area contributed by atoms with Crippen molar-refractivity contribution >= 4 is 17.2 Å². The van der Waals surface area contributed by atoms with Crippen molar-refractivity contribution < 1.29 is 9.90 Å². The molecule has 3 nitrogen and oxygen atoms in total. The van der Waals surface area contributed by atoms with Crippen LogP contribution in [0, 0.1) is 0 Å². The zero-order chi connectivity index (χ0) is 12.7. The monoisotopic (exact) mass is 255 g/mol. The summed E-state index contributed by atoms with van der Waals surface area (Å²) in [7, 11) is 0. The lowest BCUT2D eigenvalue weighted by molar-refractivity contribution is -0.133. The van der Waals surface area contributed by atoms with Crippen molar-refractivity contribution in [2.45, 2.75) is 39.2 Å². The number of amides is 1. The van der Waals surface area contributed by atoms with E-state index in [1.54, 1.807) is 16.2 Å². The Morgan fingerprint density at radius 3 is 2.82 bits per heavy atom. The molecular weight excluding hydrogens is 234 g/mol. The number of hydrogen-bond acceptors (Lipinski definition) is 3. The third-order valence-electron chi connectivity index (χ3n) is 2.68. The molecule has 0 unspecified atom stereocenters. The van der Waals surface area contributed by atoms with E-state index in [0.717, 1.165) is 12.8 Å². The van der Waals surface area contributed by atoms with Crippen LogP contribution in [0.3, 0.4) is 0 Å². The van der Waals surface area contributed by atoms with E-state index < -0.39 is 0 Å². The second-order valence-electron chi connectivity index (χ2n) is 4.34. The summed E-state index contributed by atoms with van der Waals surface area (Å²) in [5, 5.41) is 11.0. The zero-order valence-corrected chi connectivity index (χ0v) is 11.4. The quantitative estimate of drug-likeness (QED) is 0.812. The van der Waals surface area contributed by atoms with E-state index in [1.165, 1.54) is 4.88 Å². The Morgan fingerprint density at radius 2 is 2.29 bits per heavy atom. The second-order valence-corrected chi connectivity index (χ2v) is 5.37. The molecule has 4 heteroatoms. The zero-order valence-electron chi connectivity index (χ0n) is 10.6. The molecule has 0 saturated heterocycles. The second kappa shape index (κ2) is 7.45. The van der Waals surface area contributed by atoms with Gasteiger partial charge in [0.1, 0.15) is 0 Å². The summed E-state index contributed by atoms with van der Waals surface area (Å²) in [6, 6.07) is 4.30. The minimum atomic E-state index is 0.0366. The Bertz CT molecular complexity index is 322. The van der Waals surface area contributed by atoms with Gasteiger partial charge in [-0.1, -0.05) is 6.07 Å². The van der Waals surface area contributed by atoms with Crippen molar-refractivity contribution in [1.29, 1.82) is 0 Å². The maximum atomic E-state index is 11.9. The fourth-order valence-corrected chi connectivity index (χ4v) is 2.54. The Morgan fingerprint density at radius 1 is 1.53 bits per heavy atom. The molecule has 1 aromatic heterocycles. The molecule has 0 spiro atoms. The third-order valence-corrected chi connectivity index (χ3v) is 3.61. The van der Waals surface area contributed by atoms with Gasteiger partial charge in [0.05, 0.1) is 6.61 Å². The molecule has 1 aromatic rings. The van der Waals surface area contributed by atoms with Crippen LogP contribution >= 0.6 is 11.3 Å². The van der Waals surface area contributed by atoms with E-state index in [-0.39, 0.29) is 18.6 Å². The molecular formula is C13H21NO2S. The SMILES string of the molecule is CC(C)N(CCO)C(=O)CCCc1cccs1. The number of hydrogen-bond donors (Lipinski definition) is 1. The van der Waals surface area contributed by atoms with E-state index >= 15 is 0 Å². The Kier molecular flexibility index (Phi) is 6.22. The highest BCUT2D eigenvalue weighted by molar-refractivity contribution is 7.09. The highest BCUT2D eigenvalue weighted by Gasteiger charge is 2.15. The number of nitrogens with zero attached hydrogens (tertiary/aromatic N) is 1. The molecule has 17 heavy (non-hydrogen) atoms. The number of aliphatic hydroxyl groups is 1. The molecule has 96 valence electrons. The lowest BCUT2D eigenvalue weighted by Gasteiger charge is -2.25.